The smallest absolute Gasteiger partial charge is 0.275 e. The molecule has 1 fully saturated rings. The van der Waals surface area contributed by atoms with E-state index in [9.17, 15) is 4.79 Å². The van der Waals surface area contributed by atoms with Gasteiger partial charge in [-0.3, -0.25) is 14.6 Å². The van der Waals surface area contributed by atoms with Crippen LogP contribution in [0.5, 0.6) is 0 Å². The van der Waals surface area contributed by atoms with Gasteiger partial charge in [-0.1, -0.05) is 11.6 Å². The summed E-state index contributed by atoms with van der Waals surface area (Å²) in [6.07, 6.45) is 4.93. The summed E-state index contributed by atoms with van der Waals surface area (Å²) in [4.78, 5) is 15.0. The summed E-state index contributed by atoms with van der Waals surface area (Å²) >= 11 is 6.42. The first kappa shape index (κ1) is 14.8. The first-order valence-corrected chi connectivity index (χ1v) is 8.51. The van der Waals surface area contributed by atoms with E-state index in [1.54, 1.807) is 4.68 Å². The van der Waals surface area contributed by atoms with Gasteiger partial charge in [-0.25, -0.2) is 0 Å². The zero-order valence-corrected chi connectivity index (χ0v) is 14.2. The van der Waals surface area contributed by atoms with E-state index in [1.807, 2.05) is 18.9 Å². The van der Waals surface area contributed by atoms with Gasteiger partial charge in [0.25, 0.3) is 5.91 Å². The van der Waals surface area contributed by atoms with Gasteiger partial charge < -0.3 is 4.90 Å². The van der Waals surface area contributed by atoms with Crippen LogP contribution in [0.2, 0.25) is 5.15 Å². The molecule has 2 aliphatic rings. The van der Waals surface area contributed by atoms with Gasteiger partial charge in [-0.15, -0.1) is 0 Å². The van der Waals surface area contributed by atoms with E-state index >= 15 is 0 Å². The number of halogens is 1. The van der Waals surface area contributed by atoms with Crippen LogP contribution in [0.15, 0.2) is 0 Å². The lowest BCUT2D eigenvalue weighted by molar-refractivity contribution is 0.0728. The van der Waals surface area contributed by atoms with Crippen LogP contribution in [-0.4, -0.2) is 37.3 Å². The normalized spacial score (nSPS) is 20.3. The van der Waals surface area contributed by atoms with E-state index in [-0.39, 0.29) is 11.9 Å². The number of likely N-dealkylation sites (tertiary alicyclic amines) is 1. The van der Waals surface area contributed by atoms with Crippen molar-refractivity contribution in [2.75, 3.05) is 6.54 Å². The lowest BCUT2D eigenvalue weighted by Crippen LogP contribution is -2.31. The number of aryl methyl sites for hydroxylation is 3. The Bertz CT molecular complexity index is 778. The maximum atomic E-state index is 13.1. The number of nitrogens with one attached hydrogen (secondary N) is 1. The van der Waals surface area contributed by atoms with Crippen LogP contribution >= 0.6 is 11.6 Å². The summed E-state index contributed by atoms with van der Waals surface area (Å²) in [7, 11) is 1.83. The molecule has 1 aliphatic carbocycles. The van der Waals surface area contributed by atoms with Crippen LogP contribution in [0.1, 0.15) is 58.3 Å². The zero-order valence-electron chi connectivity index (χ0n) is 13.4. The SMILES string of the molecule is Cc1nn(C)c(Cl)c1C1CCCN1C(=O)c1n[nH]c2c1CCC2. The molecule has 0 saturated carbocycles. The van der Waals surface area contributed by atoms with Crippen molar-refractivity contribution in [2.45, 2.75) is 45.1 Å². The van der Waals surface area contributed by atoms with Gasteiger partial charge in [0.05, 0.1) is 11.7 Å². The third-order valence-corrected chi connectivity index (χ3v) is 5.50. The molecule has 6 nitrogen and oxygen atoms in total. The Morgan fingerprint density at radius 3 is 2.91 bits per heavy atom. The van der Waals surface area contributed by atoms with Crippen LogP contribution < -0.4 is 0 Å². The number of amides is 1. The number of carbonyl (C=O) groups excluding carboxylic acids is 1. The highest BCUT2D eigenvalue weighted by Gasteiger charge is 2.37. The van der Waals surface area contributed by atoms with Crippen molar-refractivity contribution in [2.24, 2.45) is 7.05 Å². The second kappa shape index (κ2) is 5.37. The van der Waals surface area contributed by atoms with E-state index in [0.29, 0.717) is 10.8 Å². The van der Waals surface area contributed by atoms with E-state index < -0.39 is 0 Å². The summed E-state index contributed by atoms with van der Waals surface area (Å²) in [5.74, 6) is 0.0196. The van der Waals surface area contributed by atoms with Crippen LogP contribution in [0.3, 0.4) is 0 Å². The molecule has 1 atom stereocenters. The topological polar surface area (TPSA) is 66.8 Å². The Balaban J connectivity index is 1.69. The van der Waals surface area contributed by atoms with Crippen LogP contribution in [-0.2, 0) is 19.9 Å². The van der Waals surface area contributed by atoms with E-state index in [2.05, 4.69) is 15.3 Å². The highest BCUT2D eigenvalue weighted by molar-refractivity contribution is 6.30. The Morgan fingerprint density at radius 1 is 1.35 bits per heavy atom. The van der Waals surface area contributed by atoms with Crippen molar-refractivity contribution >= 4 is 17.5 Å². The predicted octanol–water partition coefficient (Wildman–Crippen LogP) is 2.57. The lowest BCUT2D eigenvalue weighted by Gasteiger charge is -2.24. The van der Waals surface area contributed by atoms with E-state index in [1.165, 1.54) is 0 Å². The van der Waals surface area contributed by atoms with Crippen LogP contribution in [0, 0.1) is 6.92 Å². The quantitative estimate of drug-likeness (QED) is 0.918. The monoisotopic (exact) mass is 333 g/mol. The number of hydrogen-bond acceptors (Lipinski definition) is 3. The van der Waals surface area contributed by atoms with Gasteiger partial charge in [-0.05, 0) is 39.0 Å². The van der Waals surface area contributed by atoms with Crippen molar-refractivity contribution in [3.8, 4) is 0 Å². The standard InChI is InChI=1S/C16H20ClN5O/c1-9-13(15(17)21(2)20-9)12-7-4-8-22(12)16(23)14-10-5-3-6-11(10)18-19-14/h12H,3-8H2,1-2H3,(H,18,19). The van der Waals surface area contributed by atoms with Crippen LogP contribution in [0.4, 0.5) is 0 Å². The first-order valence-electron chi connectivity index (χ1n) is 8.14. The van der Waals surface area contributed by atoms with Gasteiger partial charge in [0.1, 0.15) is 5.15 Å². The summed E-state index contributed by atoms with van der Waals surface area (Å²) < 4.78 is 1.68. The minimum absolute atomic E-state index is 0.00236. The number of nitrogens with zero attached hydrogens (tertiary/aromatic N) is 4. The fourth-order valence-corrected chi connectivity index (χ4v) is 4.27. The minimum Gasteiger partial charge on any atom is -0.330 e. The molecule has 2 aromatic rings. The number of H-pyrrole nitrogens is 1. The fraction of sp³-hybridized carbons (Fsp3) is 0.562. The van der Waals surface area contributed by atoms with Crippen molar-refractivity contribution < 1.29 is 4.79 Å². The molecule has 0 bridgehead atoms. The first-order chi connectivity index (χ1) is 11.1. The van der Waals surface area contributed by atoms with Gasteiger partial charge in [-0.2, -0.15) is 10.2 Å². The lowest BCUT2D eigenvalue weighted by atomic mass is 10.0. The molecule has 7 heteroatoms. The molecule has 1 aliphatic heterocycles. The van der Waals surface area contributed by atoms with Crippen molar-refractivity contribution in [1.29, 1.82) is 0 Å². The summed E-state index contributed by atoms with van der Waals surface area (Å²) in [5.41, 5.74) is 4.71. The zero-order chi connectivity index (χ0) is 16.1. The number of hydrogen-bond donors (Lipinski definition) is 1. The highest BCUT2D eigenvalue weighted by atomic mass is 35.5. The molecule has 0 spiro atoms. The Labute approximate surface area is 139 Å². The minimum atomic E-state index is -0.00236. The molecule has 0 aromatic carbocycles. The molecule has 23 heavy (non-hydrogen) atoms. The van der Waals surface area contributed by atoms with Gasteiger partial charge in [0.15, 0.2) is 5.69 Å². The molecule has 1 unspecified atom stereocenters. The number of fused-ring (bicyclic) bond motifs is 1. The van der Waals surface area contributed by atoms with E-state index in [0.717, 1.165) is 61.2 Å². The molecule has 0 radical (unpaired) electrons. The summed E-state index contributed by atoms with van der Waals surface area (Å²) in [6.45, 7) is 2.70. The molecule has 122 valence electrons. The number of rotatable bonds is 2. The third kappa shape index (κ3) is 2.19. The van der Waals surface area contributed by atoms with Crippen molar-refractivity contribution in [1.82, 2.24) is 24.9 Å². The Morgan fingerprint density at radius 2 is 2.17 bits per heavy atom. The summed E-state index contributed by atoms with van der Waals surface area (Å²) in [6, 6.07) is -0.00236. The maximum Gasteiger partial charge on any atom is 0.275 e. The fourth-order valence-electron chi connectivity index (χ4n) is 3.97. The molecule has 1 N–H and O–H groups in total. The molecular weight excluding hydrogens is 314 g/mol. The number of aromatic amines is 1. The number of carbonyl (C=O) groups is 1. The van der Waals surface area contributed by atoms with Crippen molar-refractivity contribution in [3.05, 3.63) is 33.4 Å². The third-order valence-electron chi connectivity index (χ3n) is 5.05. The molecule has 4 rings (SSSR count). The average Bonchev–Trinajstić information content (AvgIpc) is 3.24. The molecule has 2 aromatic heterocycles. The second-order valence-corrected chi connectivity index (χ2v) is 6.81. The Kier molecular flexibility index (Phi) is 3.44. The number of aromatic nitrogens is 4. The largest absolute Gasteiger partial charge is 0.330 e. The van der Waals surface area contributed by atoms with E-state index in [4.69, 9.17) is 11.6 Å². The molecule has 1 saturated heterocycles. The Hall–Kier alpha value is -1.82. The average molecular weight is 334 g/mol. The van der Waals surface area contributed by atoms with Gasteiger partial charge in [0.2, 0.25) is 0 Å². The second-order valence-electron chi connectivity index (χ2n) is 6.45. The van der Waals surface area contributed by atoms with Crippen molar-refractivity contribution in [3.63, 3.8) is 0 Å². The molecule has 3 heterocycles. The maximum absolute atomic E-state index is 13.1. The molecular formula is C16H20ClN5O. The van der Waals surface area contributed by atoms with Gasteiger partial charge >= 0.3 is 0 Å². The van der Waals surface area contributed by atoms with Crippen LogP contribution in [0.25, 0.3) is 0 Å². The highest BCUT2D eigenvalue weighted by Crippen LogP contribution is 2.38. The van der Waals surface area contributed by atoms with Gasteiger partial charge in [0, 0.05) is 30.4 Å². The summed E-state index contributed by atoms with van der Waals surface area (Å²) in [5, 5.41) is 12.3. The predicted molar refractivity (Wildman–Crippen MR) is 86.6 cm³/mol. The molecule has 1 amide bonds.